The van der Waals surface area contributed by atoms with Crippen LogP contribution in [0.4, 0.5) is 24.5 Å². The zero-order chi connectivity index (χ0) is 30.9. The van der Waals surface area contributed by atoms with Crippen LogP contribution in [-0.4, -0.2) is 33.9 Å². The van der Waals surface area contributed by atoms with Crippen LogP contribution >= 0.6 is 0 Å². The van der Waals surface area contributed by atoms with E-state index in [-0.39, 0.29) is 5.56 Å². The normalized spacial score (nSPS) is 12.7. The summed E-state index contributed by atoms with van der Waals surface area (Å²) in [5.41, 5.74) is 13.1. The van der Waals surface area contributed by atoms with E-state index in [0.29, 0.717) is 5.75 Å². The molecule has 2 aromatic carbocycles. The molecule has 9 heteroatoms. The largest absolute Gasteiger partial charge is 0.460 e. The molecule has 5 aromatic rings. The van der Waals surface area contributed by atoms with Crippen molar-refractivity contribution in [1.29, 1.82) is 0 Å². The molecule has 1 unspecified atom stereocenters. The molecule has 1 atom stereocenters. The number of benzene rings is 2. The molecule has 0 radical (unpaired) electrons. The van der Waals surface area contributed by atoms with Crippen molar-refractivity contribution in [3.8, 4) is 29.2 Å². The Hall–Kier alpha value is -4.58. The van der Waals surface area contributed by atoms with Gasteiger partial charge in [0.05, 0.1) is 22.3 Å². The highest BCUT2D eigenvalue weighted by atomic mass is 19.1. The second-order valence-corrected chi connectivity index (χ2v) is 9.97. The molecule has 0 saturated carbocycles. The number of hydrogen-bond donors (Lipinski definition) is 1. The average molecular weight is 576 g/mol. The molecule has 42 heavy (non-hydrogen) atoms. The number of fused-ring (bicyclic) bond motifs is 4. The molecule has 1 aliphatic rings. The maximum absolute atomic E-state index is 14.1. The molecule has 0 fully saturated rings. The fourth-order valence-corrected chi connectivity index (χ4v) is 5.28. The predicted molar refractivity (Wildman–Crippen MR) is 165 cm³/mol. The molecular formula is C33H36F3N5O. The van der Waals surface area contributed by atoms with E-state index < -0.39 is 23.7 Å². The van der Waals surface area contributed by atoms with Gasteiger partial charge in [-0.05, 0) is 50.1 Å². The van der Waals surface area contributed by atoms with Crippen LogP contribution in [0.15, 0.2) is 42.6 Å². The highest BCUT2D eigenvalue weighted by molar-refractivity contribution is 6.05. The first-order chi connectivity index (χ1) is 20.0. The van der Waals surface area contributed by atoms with Gasteiger partial charge in [0.1, 0.15) is 34.4 Å². The van der Waals surface area contributed by atoms with Crippen LogP contribution in [0.1, 0.15) is 43.4 Å². The van der Waals surface area contributed by atoms with Gasteiger partial charge in [0.2, 0.25) is 6.36 Å². The van der Waals surface area contributed by atoms with Crippen molar-refractivity contribution in [2.45, 2.75) is 47.4 Å². The number of likely N-dealkylation sites (N-methyl/N-ethyl adjacent to an activating group) is 1. The summed E-state index contributed by atoms with van der Waals surface area (Å²) in [5, 5.41) is 0. The minimum absolute atomic E-state index is 0.147. The molecule has 0 saturated heterocycles. The predicted octanol–water partition coefficient (Wildman–Crippen LogP) is 7.35. The number of terminal acetylenes is 1. The molecule has 3 aromatic heterocycles. The van der Waals surface area contributed by atoms with Gasteiger partial charge in [-0.2, -0.15) is 0 Å². The zero-order valence-electron chi connectivity index (χ0n) is 25.0. The van der Waals surface area contributed by atoms with E-state index >= 15 is 0 Å². The van der Waals surface area contributed by atoms with E-state index in [9.17, 15) is 13.2 Å². The van der Waals surface area contributed by atoms with Crippen LogP contribution in [0.3, 0.4) is 0 Å². The van der Waals surface area contributed by atoms with Crippen molar-refractivity contribution in [1.82, 2.24) is 14.0 Å². The quantitative estimate of drug-likeness (QED) is 0.177. The van der Waals surface area contributed by atoms with E-state index in [1.807, 2.05) is 44.5 Å². The van der Waals surface area contributed by atoms with E-state index in [1.54, 1.807) is 0 Å². The number of nitrogens with two attached hydrogens (primary N) is 1. The molecule has 0 spiro atoms. The van der Waals surface area contributed by atoms with Crippen LogP contribution in [0.25, 0.3) is 27.7 Å². The van der Waals surface area contributed by atoms with Crippen LogP contribution < -0.4 is 15.4 Å². The minimum atomic E-state index is -1.41. The minimum Gasteiger partial charge on any atom is -0.460 e. The van der Waals surface area contributed by atoms with Crippen molar-refractivity contribution in [2.75, 3.05) is 24.2 Å². The second kappa shape index (κ2) is 12.1. The summed E-state index contributed by atoms with van der Waals surface area (Å²) in [7, 11) is 4.07. The van der Waals surface area contributed by atoms with Crippen molar-refractivity contribution in [2.24, 2.45) is 7.05 Å². The van der Waals surface area contributed by atoms with Gasteiger partial charge in [-0.3, -0.25) is 0 Å². The summed E-state index contributed by atoms with van der Waals surface area (Å²) in [6.07, 6.45) is 6.53. The average Bonchev–Trinajstić information content (AvgIpc) is 3.44. The third kappa shape index (κ3) is 5.37. The van der Waals surface area contributed by atoms with Crippen molar-refractivity contribution < 1.29 is 17.9 Å². The smallest absolute Gasteiger partial charge is 0.235 e. The summed E-state index contributed by atoms with van der Waals surface area (Å²) in [5.74, 6) is 1.93. The van der Waals surface area contributed by atoms with Gasteiger partial charge < -0.3 is 24.3 Å². The summed E-state index contributed by atoms with van der Waals surface area (Å²) in [6.45, 7) is 10.4. The monoisotopic (exact) mass is 575 g/mol. The Balaban J connectivity index is 0.000000263. The highest BCUT2D eigenvalue weighted by Gasteiger charge is 2.28. The number of rotatable bonds is 2. The fraction of sp³-hybridized carbons (Fsp3) is 0.303. The number of aryl methyl sites for hydroxylation is 3. The van der Waals surface area contributed by atoms with Gasteiger partial charge in [-0.25, -0.2) is 18.2 Å². The molecule has 220 valence electrons. The first-order valence-electron chi connectivity index (χ1n) is 13.8. The maximum Gasteiger partial charge on any atom is 0.235 e. The maximum atomic E-state index is 14.1. The topological polar surface area (TPSA) is 60.7 Å². The van der Waals surface area contributed by atoms with Gasteiger partial charge in [0.15, 0.2) is 0 Å². The number of nitrogens with zero attached hydrogens (tertiary/aromatic N) is 4. The first kappa shape index (κ1) is 30.4. The lowest BCUT2D eigenvalue weighted by molar-refractivity contribution is 0.0868. The van der Waals surface area contributed by atoms with Crippen molar-refractivity contribution >= 4 is 27.9 Å². The SMILES string of the molecule is C#Cc1cc(F)c(N)c(F)c1.CC.Cc1nc2c3c(c(OC(C)F)cc2n1C)-c1cccn2c(C)cc(c12)CCN3C. The number of alkyl halides is 1. The molecule has 1 aliphatic heterocycles. The number of imidazole rings is 1. The number of aromatic nitrogens is 3. The molecule has 0 bridgehead atoms. The van der Waals surface area contributed by atoms with Crippen LogP contribution in [0.5, 0.6) is 5.75 Å². The van der Waals surface area contributed by atoms with E-state index in [0.717, 1.165) is 58.8 Å². The zero-order valence-corrected chi connectivity index (χ0v) is 25.0. The number of anilines is 2. The Morgan fingerprint density at radius 2 is 1.76 bits per heavy atom. The molecule has 0 aliphatic carbocycles. The van der Waals surface area contributed by atoms with Gasteiger partial charge >= 0.3 is 0 Å². The Kier molecular flexibility index (Phi) is 8.76. The highest BCUT2D eigenvalue weighted by Crippen LogP contribution is 2.47. The van der Waals surface area contributed by atoms with E-state index in [2.05, 4.69) is 47.5 Å². The molecule has 4 heterocycles. The molecule has 2 N–H and O–H groups in total. The fourth-order valence-electron chi connectivity index (χ4n) is 5.28. The van der Waals surface area contributed by atoms with Crippen molar-refractivity contribution in [3.63, 3.8) is 0 Å². The third-order valence-electron chi connectivity index (χ3n) is 7.30. The second-order valence-electron chi connectivity index (χ2n) is 9.97. The lowest BCUT2D eigenvalue weighted by Gasteiger charge is -2.28. The number of pyridine rings is 1. The van der Waals surface area contributed by atoms with Gasteiger partial charge in [0.25, 0.3) is 0 Å². The summed E-state index contributed by atoms with van der Waals surface area (Å²) < 4.78 is 49.2. The summed E-state index contributed by atoms with van der Waals surface area (Å²) in [6, 6.07) is 10.4. The Bertz CT molecular complexity index is 1790. The molecule has 6 rings (SSSR count). The number of hydrogen-bond acceptors (Lipinski definition) is 4. The van der Waals surface area contributed by atoms with Gasteiger partial charge in [-0.15, -0.1) is 6.42 Å². The summed E-state index contributed by atoms with van der Waals surface area (Å²) in [4.78, 5) is 7.09. The molecule has 0 amide bonds. The van der Waals surface area contributed by atoms with Gasteiger partial charge in [0, 0.05) is 56.6 Å². The van der Waals surface area contributed by atoms with Crippen LogP contribution in [0.2, 0.25) is 0 Å². The lowest BCUT2D eigenvalue weighted by atomic mass is 9.96. The Morgan fingerprint density at radius 3 is 2.38 bits per heavy atom. The van der Waals surface area contributed by atoms with Crippen molar-refractivity contribution in [3.05, 3.63) is 76.9 Å². The van der Waals surface area contributed by atoms with E-state index in [4.69, 9.17) is 21.9 Å². The Morgan fingerprint density at radius 1 is 1.10 bits per heavy atom. The standard InChI is InChI=1S/C23H25FN4O.C8H5F2N.C2H6/c1-13-11-16-8-10-26(4)23-20(17-7-6-9-28(13)22(16)17)19(29-14(2)24)12-18-21(23)25-15(3)27(18)5;1-2-5-3-6(9)8(11)7(10)4-5;1-2/h6-7,9,11-12,14H,8,10H2,1-5H3;1,3-4H,11H2;1-2H3. The van der Waals surface area contributed by atoms with E-state index in [1.165, 1.54) is 23.7 Å². The third-order valence-corrected chi connectivity index (χ3v) is 7.30. The van der Waals surface area contributed by atoms with Crippen LogP contribution in [0, 0.1) is 37.8 Å². The lowest BCUT2D eigenvalue weighted by Crippen LogP contribution is -2.23. The first-order valence-corrected chi connectivity index (χ1v) is 13.8. The number of ether oxygens (including phenoxy) is 1. The van der Waals surface area contributed by atoms with Crippen LogP contribution in [-0.2, 0) is 13.5 Å². The molecule has 6 nitrogen and oxygen atoms in total. The summed E-state index contributed by atoms with van der Waals surface area (Å²) >= 11 is 0. The number of nitrogen functional groups attached to an aromatic ring is 1. The Labute approximate surface area is 244 Å². The molecular weight excluding hydrogens is 539 g/mol. The number of halogens is 3. The van der Waals surface area contributed by atoms with Gasteiger partial charge in [-0.1, -0.05) is 25.8 Å².